The summed E-state index contributed by atoms with van der Waals surface area (Å²) in [6.45, 7) is 0.327. The molecular formula is C6H11F2NO2. The van der Waals surface area contributed by atoms with Gasteiger partial charge in [-0.1, -0.05) is 0 Å². The highest BCUT2D eigenvalue weighted by Gasteiger charge is 2.35. The second-order valence-corrected chi connectivity index (χ2v) is 2.66. The molecule has 0 aromatic rings. The lowest BCUT2D eigenvalue weighted by molar-refractivity contribution is -0.0681. The standard InChI is InChI=1S/C6H11F2NO2/c7-6(8)4-5(11)3(10)1-2-9-4/h3-6,9-11H,1-2H2. The summed E-state index contributed by atoms with van der Waals surface area (Å²) in [5, 5.41) is 20.4. The molecule has 0 bridgehead atoms. The van der Waals surface area contributed by atoms with Crippen LogP contribution < -0.4 is 5.32 Å². The molecule has 0 amide bonds. The molecule has 3 atom stereocenters. The minimum absolute atomic E-state index is 0.324. The number of aliphatic hydroxyl groups excluding tert-OH is 2. The number of rotatable bonds is 1. The maximum Gasteiger partial charge on any atom is 0.256 e. The molecule has 0 spiro atoms. The molecule has 3 N–H and O–H groups in total. The molecular weight excluding hydrogens is 156 g/mol. The van der Waals surface area contributed by atoms with E-state index in [9.17, 15) is 8.78 Å². The minimum Gasteiger partial charge on any atom is -0.390 e. The lowest BCUT2D eigenvalue weighted by atomic mass is 9.99. The predicted molar refractivity (Wildman–Crippen MR) is 34.4 cm³/mol. The van der Waals surface area contributed by atoms with Crippen molar-refractivity contribution in [2.75, 3.05) is 6.54 Å². The Kier molecular flexibility index (Phi) is 2.75. The van der Waals surface area contributed by atoms with Gasteiger partial charge in [-0.25, -0.2) is 8.78 Å². The molecule has 0 saturated carbocycles. The van der Waals surface area contributed by atoms with Gasteiger partial charge in [0.2, 0.25) is 0 Å². The Hall–Kier alpha value is -0.260. The molecule has 0 radical (unpaired) electrons. The highest BCUT2D eigenvalue weighted by molar-refractivity contribution is 4.88. The number of aliphatic hydroxyl groups is 2. The van der Waals surface area contributed by atoms with Crippen LogP contribution in [0.5, 0.6) is 0 Å². The van der Waals surface area contributed by atoms with E-state index >= 15 is 0 Å². The van der Waals surface area contributed by atoms with Crippen molar-refractivity contribution in [3.05, 3.63) is 0 Å². The van der Waals surface area contributed by atoms with Crippen LogP contribution in [-0.2, 0) is 0 Å². The zero-order valence-electron chi connectivity index (χ0n) is 5.87. The Bertz CT molecular complexity index is 134. The molecule has 1 aliphatic heterocycles. The molecule has 1 rings (SSSR count). The third kappa shape index (κ3) is 1.85. The third-order valence-electron chi connectivity index (χ3n) is 1.85. The molecule has 3 unspecified atom stereocenters. The number of nitrogens with one attached hydrogen (secondary N) is 1. The average Bonchev–Trinajstić information content (AvgIpc) is 1.94. The molecule has 0 aliphatic carbocycles. The van der Waals surface area contributed by atoms with Crippen LogP contribution in [0.3, 0.4) is 0 Å². The quantitative estimate of drug-likeness (QED) is 0.485. The van der Waals surface area contributed by atoms with Gasteiger partial charge in [0.1, 0.15) is 6.10 Å². The van der Waals surface area contributed by atoms with Gasteiger partial charge in [0.05, 0.1) is 12.1 Å². The molecule has 1 aliphatic rings. The van der Waals surface area contributed by atoms with Gasteiger partial charge in [0.15, 0.2) is 0 Å². The highest BCUT2D eigenvalue weighted by Crippen LogP contribution is 2.14. The van der Waals surface area contributed by atoms with Crippen LogP contribution in [-0.4, -0.2) is 41.4 Å². The van der Waals surface area contributed by atoms with Gasteiger partial charge < -0.3 is 15.5 Å². The van der Waals surface area contributed by atoms with Gasteiger partial charge in [0.25, 0.3) is 6.43 Å². The minimum atomic E-state index is -2.63. The van der Waals surface area contributed by atoms with Crippen molar-refractivity contribution in [2.45, 2.75) is 31.1 Å². The molecule has 0 aromatic heterocycles. The second kappa shape index (κ2) is 3.42. The van der Waals surface area contributed by atoms with E-state index in [2.05, 4.69) is 5.32 Å². The second-order valence-electron chi connectivity index (χ2n) is 2.66. The highest BCUT2D eigenvalue weighted by atomic mass is 19.3. The molecule has 11 heavy (non-hydrogen) atoms. The maximum absolute atomic E-state index is 12.0. The maximum atomic E-state index is 12.0. The van der Waals surface area contributed by atoms with Crippen LogP contribution in [0.15, 0.2) is 0 Å². The first-order chi connectivity index (χ1) is 5.13. The Labute approximate surface area is 63.0 Å². The Morgan fingerprint density at radius 3 is 2.45 bits per heavy atom. The summed E-state index contributed by atoms with van der Waals surface area (Å²) < 4.78 is 24.0. The monoisotopic (exact) mass is 167 g/mol. The average molecular weight is 167 g/mol. The fourth-order valence-corrected chi connectivity index (χ4v) is 1.17. The number of halogens is 2. The summed E-state index contributed by atoms with van der Waals surface area (Å²) in [6, 6.07) is -1.28. The molecule has 1 fully saturated rings. The Balaban J connectivity index is 2.51. The molecule has 1 saturated heterocycles. The van der Waals surface area contributed by atoms with E-state index in [4.69, 9.17) is 10.2 Å². The number of piperidine rings is 1. The van der Waals surface area contributed by atoms with Crippen molar-refractivity contribution in [3.63, 3.8) is 0 Å². The van der Waals surface area contributed by atoms with E-state index in [0.29, 0.717) is 13.0 Å². The lowest BCUT2D eigenvalue weighted by Crippen LogP contribution is -2.55. The molecule has 1 heterocycles. The molecule has 0 aromatic carbocycles. The van der Waals surface area contributed by atoms with Crippen LogP contribution in [0.2, 0.25) is 0 Å². The normalized spacial score (nSPS) is 39.5. The van der Waals surface area contributed by atoms with Crippen molar-refractivity contribution in [1.82, 2.24) is 5.32 Å². The summed E-state index contributed by atoms with van der Waals surface area (Å²) in [4.78, 5) is 0. The van der Waals surface area contributed by atoms with Crippen molar-refractivity contribution >= 4 is 0 Å². The van der Waals surface area contributed by atoms with Crippen LogP contribution in [0.4, 0.5) is 8.78 Å². The van der Waals surface area contributed by atoms with E-state index in [1.54, 1.807) is 0 Å². The van der Waals surface area contributed by atoms with E-state index in [1.165, 1.54) is 0 Å². The van der Waals surface area contributed by atoms with Crippen LogP contribution in [0.1, 0.15) is 6.42 Å². The first-order valence-electron chi connectivity index (χ1n) is 3.50. The fourth-order valence-electron chi connectivity index (χ4n) is 1.17. The van der Waals surface area contributed by atoms with E-state index in [-0.39, 0.29) is 0 Å². The first-order valence-corrected chi connectivity index (χ1v) is 3.50. The summed E-state index contributed by atoms with van der Waals surface area (Å²) in [7, 11) is 0. The van der Waals surface area contributed by atoms with Gasteiger partial charge in [-0.15, -0.1) is 0 Å². The van der Waals surface area contributed by atoms with Gasteiger partial charge in [-0.3, -0.25) is 0 Å². The van der Waals surface area contributed by atoms with Crippen molar-refractivity contribution in [3.8, 4) is 0 Å². The van der Waals surface area contributed by atoms with Gasteiger partial charge in [-0.2, -0.15) is 0 Å². The van der Waals surface area contributed by atoms with Crippen molar-refractivity contribution < 1.29 is 19.0 Å². The lowest BCUT2D eigenvalue weighted by Gasteiger charge is -2.32. The molecule has 3 nitrogen and oxygen atoms in total. The van der Waals surface area contributed by atoms with Gasteiger partial charge in [0, 0.05) is 0 Å². The van der Waals surface area contributed by atoms with E-state index in [0.717, 1.165) is 0 Å². The van der Waals surface area contributed by atoms with E-state index in [1.807, 2.05) is 0 Å². The fraction of sp³-hybridized carbons (Fsp3) is 1.00. The van der Waals surface area contributed by atoms with Gasteiger partial charge >= 0.3 is 0 Å². The van der Waals surface area contributed by atoms with Crippen LogP contribution in [0, 0.1) is 0 Å². The Morgan fingerprint density at radius 1 is 1.36 bits per heavy atom. The van der Waals surface area contributed by atoms with E-state index < -0.39 is 24.7 Å². The molecule has 5 heteroatoms. The summed E-state index contributed by atoms with van der Waals surface area (Å²) in [6.07, 6.45) is -4.66. The van der Waals surface area contributed by atoms with Crippen molar-refractivity contribution in [1.29, 1.82) is 0 Å². The predicted octanol–water partition coefficient (Wildman–Crippen LogP) is -0.665. The summed E-state index contributed by atoms with van der Waals surface area (Å²) in [5.74, 6) is 0. The Morgan fingerprint density at radius 2 is 2.00 bits per heavy atom. The first kappa shape index (κ1) is 8.83. The topological polar surface area (TPSA) is 52.5 Å². The zero-order chi connectivity index (χ0) is 8.43. The van der Waals surface area contributed by atoms with Crippen LogP contribution in [0.25, 0.3) is 0 Å². The smallest absolute Gasteiger partial charge is 0.256 e. The largest absolute Gasteiger partial charge is 0.390 e. The SMILES string of the molecule is OC1CCNC(C(F)F)C1O. The van der Waals surface area contributed by atoms with Crippen LogP contribution >= 0.6 is 0 Å². The third-order valence-corrected chi connectivity index (χ3v) is 1.85. The van der Waals surface area contributed by atoms with Crippen molar-refractivity contribution in [2.24, 2.45) is 0 Å². The summed E-state index contributed by atoms with van der Waals surface area (Å²) >= 11 is 0. The summed E-state index contributed by atoms with van der Waals surface area (Å²) in [5.41, 5.74) is 0. The molecule has 66 valence electrons. The number of hydrogen-bond donors (Lipinski definition) is 3. The number of alkyl halides is 2. The zero-order valence-corrected chi connectivity index (χ0v) is 5.87. The van der Waals surface area contributed by atoms with Gasteiger partial charge in [-0.05, 0) is 13.0 Å². The number of hydrogen-bond acceptors (Lipinski definition) is 3.